The lowest BCUT2D eigenvalue weighted by Crippen LogP contribution is -2.26. The maximum absolute atomic E-state index is 11.8. The van der Waals surface area contributed by atoms with Gasteiger partial charge in [0, 0.05) is 31.0 Å². The van der Waals surface area contributed by atoms with E-state index in [-0.39, 0.29) is 12.0 Å². The zero-order valence-corrected chi connectivity index (χ0v) is 10.3. The Morgan fingerprint density at radius 2 is 2.53 bits per heavy atom. The Morgan fingerprint density at radius 1 is 1.59 bits per heavy atom. The summed E-state index contributed by atoms with van der Waals surface area (Å²) < 4.78 is 5.34. The highest BCUT2D eigenvalue weighted by atomic mass is 32.1. The van der Waals surface area contributed by atoms with Gasteiger partial charge in [0.1, 0.15) is 6.10 Å². The first-order chi connectivity index (χ1) is 8.33. The van der Waals surface area contributed by atoms with Crippen LogP contribution in [0.2, 0.25) is 0 Å². The van der Waals surface area contributed by atoms with Crippen molar-refractivity contribution in [3.05, 3.63) is 10.6 Å². The number of nitrogens with one attached hydrogen (secondary N) is 2. The average molecular weight is 253 g/mol. The number of aromatic nitrogens is 1. The standard InChI is InChI=1S/C11H15N3O2S/c15-10(8-2-1-5-16-8)14-11-13-7-3-4-12-6-9(7)17-11/h8,12H,1-6H2,(H,13,14,15)/t8-/m0/s1. The maximum atomic E-state index is 11.8. The number of rotatable bonds is 2. The molecule has 0 unspecified atom stereocenters. The Kier molecular flexibility index (Phi) is 3.09. The molecule has 1 saturated heterocycles. The van der Waals surface area contributed by atoms with Crippen LogP contribution in [0.4, 0.5) is 5.13 Å². The molecule has 92 valence electrons. The van der Waals surface area contributed by atoms with Crippen molar-refractivity contribution in [1.82, 2.24) is 10.3 Å². The van der Waals surface area contributed by atoms with E-state index in [4.69, 9.17) is 4.74 Å². The topological polar surface area (TPSA) is 63.2 Å². The van der Waals surface area contributed by atoms with Gasteiger partial charge in [-0.25, -0.2) is 4.98 Å². The molecule has 1 fully saturated rings. The van der Waals surface area contributed by atoms with Crippen molar-refractivity contribution >= 4 is 22.4 Å². The molecule has 2 aliphatic rings. The second-order valence-electron chi connectivity index (χ2n) is 4.31. The molecule has 5 nitrogen and oxygen atoms in total. The molecule has 1 aromatic heterocycles. The molecule has 0 aliphatic carbocycles. The molecule has 1 aromatic rings. The van der Waals surface area contributed by atoms with Gasteiger partial charge in [0.15, 0.2) is 5.13 Å². The third kappa shape index (κ3) is 2.34. The lowest BCUT2D eigenvalue weighted by molar-refractivity contribution is -0.124. The predicted molar refractivity (Wildman–Crippen MR) is 65.1 cm³/mol. The summed E-state index contributed by atoms with van der Waals surface area (Å²) in [4.78, 5) is 17.5. The number of nitrogens with zero attached hydrogens (tertiary/aromatic N) is 1. The molecule has 3 heterocycles. The molecular weight excluding hydrogens is 238 g/mol. The molecule has 3 rings (SSSR count). The summed E-state index contributed by atoms with van der Waals surface area (Å²) >= 11 is 1.56. The summed E-state index contributed by atoms with van der Waals surface area (Å²) in [6, 6.07) is 0. The minimum absolute atomic E-state index is 0.0541. The molecule has 1 amide bonds. The van der Waals surface area contributed by atoms with E-state index in [1.165, 1.54) is 4.88 Å². The number of carbonyl (C=O) groups excluding carboxylic acids is 1. The quantitative estimate of drug-likeness (QED) is 0.822. The molecule has 2 N–H and O–H groups in total. The number of thiazole rings is 1. The Bertz CT molecular complexity index is 403. The smallest absolute Gasteiger partial charge is 0.255 e. The number of hydrogen-bond acceptors (Lipinski definition) is 5. The fourth-order valence-electron chi connectivity index (χ4n) is 2.15. The monoisotopic (exact) mass is 253 g/mol. The minimum atomic E-state index is -0.283. The second kappa shape index (κ2) is 4.72. The highest BCUT2D eigenvalue weighted by molar-refractivity contribution is 7.15. The molecule has 0 bridgehead atoms. The summed E-state index contributed by atoms with van der Waals surface area (Å²) in [6.45, 7) is 2.52. The van der Waals surface area contributed by atoms with Crippen LogP contribution in [0.25, 0.3) is 0 Å². The highest BCUT2D eigenvalue weighted by Crippen LogP contribution is 2.26. The molecule has 0 radical (unpaired) electrons. The van der Waals surface area contributed by atoms with Crippen LogP contribution in [0, 0.1) is 0 Å². The van der Waals surface area contributed by atoms with Crippen LogP contribution >= 0.6 is 11.3 Å². The number of anilines is 1. The van der Waals surface area contributed by atoms with E-state index < -0.39 is 0 Å². The summed E-state index contributed by atoms with van der Waals surface area (Å²) in [5.41, 5.74) is 1.12. The van der Waals surface area contributed by atoms with E-state index in [9.17, 15) is 4.79 Å². The number of amides is 1. The van der Waals surface area contributed by atoms with Crippen molar-refractivity contribution < 1.29 is 9.53 Å². The molecule has 6 heteroatoms. The van der Waals surface area contributed by atoms with Crippen molar-refractivity contribution in [2.24, 2.45) is 0 Å². The molecule has 0 aromatic carbocycles. The summed E-state index contributed by atoms with van der Waals surface area (Å²) in [7, 11) is 0. The Labute approximate surface area is 104 Å². The first-order valence-corrected chi connectivity index (χ1v) is 6.76. The Balaban J connectivity index is 1.68. The zero-order valence-electron chi connectivity index (χ0n) is 9.49. The van der Waals surface area contributed by atoms with Crippen molar-refractivity contribution in [3.63, 3.8) is 0 Å². The lowest BCUT2D eigenvalue weighted by Gasteiger charge is -2.09. The average Bonchev–Trinajstić information content (AvgIpc) is 2.97. The van der Waals surface area contributed by atoms with Gasteiger partial charge in [-0.05, 0) is 12.8 Å². The van der Waals surface area contributed by atoms with Gasteiger partial charge < -0.3 is 10.1 Å². The van der Waals surface area contributed by atoms with Crippen LogP contribution in [0.3, 0.4) is 0 Å². The predicted octanol–water partition coefficient (Wildman–Crippen LogP) is 0.906. The van der Waals surface area contributed by atoms with Crippen LogP contribution in [-0.2, 0) is 22.5 Å². The van der Waals surface area contributed by atoms with E-state index in [2.05, 4.69) is 15.6 Å². The summed E-state index contributed by atoms with van der Waals surface area (Å²) in [5.74, 6) is -0.0541. The first-order valence-electron chi connectivity index (χ1n) is 5.95. The fraction of sp³-hybridized carbons (Fsp3) is 0.636. The van der Waals surface area contributed by atoms with Gasteiger partial charge in [0.2, 0.25) is 0 Å². The van der Waals surface area contributed by atoms with Crippen molar-refractivity contribution in [2.45, 2.75) is 31.9 Å². The van der Waals surface area contributed by atoms with Crippen molar-refractivity contribution in [2.75, 3.05) is 18.5 Å². The SMILES string of the molecule is O=C(Nc1nc2c(s1)CNCC2)[C@@H]1CCCO1. The van der Waals surface area contributed by atoms with Gasteiger partial charge in [0.05, 0.1) is 5.69 Å². The van der Waals surface area contributed by atoms with Gasteiger partial charge in [-0.15, -0.1) is 11.3 Å². The number of ether oxygens (including phenoxy) is 1. The molecular formula is C11H15N3O2S. The second-order valence-corrected chi connectivity index (χ2v) is 5.39. The minimum Gasteiger partial charge on any atom is -0.368 e. The van der Waals surface area contributed by atoms with E-state index in [0.717, 1.165) is 38.0 Å². The maximum Gasteiger partial charge on any atom is 0.255 e. The summed E-state index contributed by atoms with van der Waals surface area (Å²) in [6.07, 6.45) is 2.45. The summed E-state index contributed by atoms with van der Waals surface area (Å²) in [5, 5.41) is 6.86. The largest absolute Gasteiger partial charge is 0.368 e. The lowest BCUT2D eigenvalue weighted by atomic mass is 10.2. The molecule has 0 saturated carbocycles. The van der Waals surface area contributed by atoms with E-state index in [1.54, 1.807) is 11.3 Å². The zero-order chi connectivity index (χ0) is 11.7. The molecule has 2 aliphatic heterocycles. The Morgan fingerprint density at radius 3 is 3.29 bits per heavy atom. The number of hydrogen-bond donors (Lipinski definition) is 2. The first kappa shape index (κ1) is 11.1. The van der Waals surface area contributed by atoms with Gasteiger partial charge in [0.25, 0.3) is 5.91 Å². The van der Waals surface area contributed by atoms with Crippen LogP contribution in [0.15, 0.2) is 0 Å². The van der Waals surface area contributed by atoms with Crippen molar-refractivity contribution in [3.8, 4) is 0 Å². The van der Waals surface area contributed by atoms with E-state index >= 15 is 0 Å². The fourth-order valence-corrected chi connectivity index (χ4v) is 3.13. The Hall–Kier alpha value is -0.980. The number of carbonyl (C=O) groups is 1. The van der Waals surface area contributed by atoms with Crippen LogP contribution in [-0.4, -0.2) is 30.1 Å². The third-order valence-corrected chi connectivity index (χ3v) is 4.07. The van der Waals surface area contributed by atoms with Gasteiger partial charge in [-0.1, -0.05) is 0 Å². The van der Waals surface area contributed by atoms with E-state index in [0.29, 0.717) is 11.7 Å². The van der Waals surface area contributed by atoms with E-state index in [1.807, 2.05) is 0 Å². The van der Waals surface area contributed by atoms with Gasteiger partial charge >= 0.3 is 0 Å². The van der Waals surface area contributed by atoms with Gasteiger partial charge in [-0.3, -0.25) is 10.1 Å². The van der Waals surface area contributed by atoms with Crippen LogP contribution < -0.4 is 10.6 Å². The molecule has 17 heavy (non-hydrogen) atoms. The van der Waals surface area contributed by atoms with Crippen LogP contribution in [0.5, 0.6) is 0 Å². The van der Waals surface area contributed by atoms with Crippen molar-refractivity contribution in [1.29, 1.82) is 0 Å². The third-order valence-electron chi connectivity index (χ3n) is 3.05. The molecule has 1 atom stereocenters. The number of fused-ring (bicyclic) bond motifs is 1. The molecule has 0 spiro atoms. The van der Waals surface area contributed by atoms with Crippen LogP contribution in [0.1, 0.15) is 23.4 Å². The van der Waals surface area contributed by atoms with Gasteiger partial charge in [-0.2, -0.15) is 0 Å². The highest BCUT2D eigenvalue weighted by Gasteiger charge is 2.25. The normalized spacial score (nSPS) is 23.4.